The van der Waals surface area contributed by atoms with Gasteiger partial charge in [0.25, 0.3) is 0 Å². The van der Waals surface area contributed by atoms with Crippen molar-refractivity contribution in [2.75, 3.05) is 13.2 Å². The first-order valence-electron chi connectivity index (χ1n) is 20.5. The summed E-state index contributed by atoms with van der Waals surface area (Å²) in [7, 11) is 0. The minimum atomic E-state index is -0.841. The van der Waals surface area contributed by atoms with Gasteiger partial charge in [0.2, 0.25) is 5.91 Å². The van der Waals surface area contributed by atoms with Crippen LogP contribution in [0.25, 0.3) is 0 Å². The lowest BCUT2D eigenvalue weighted by molar-refractivity contribution is -0.304. The number of hydrogen-bond acceptors (Lipinski definition) is 6. The summed E-state index contributed by atoms with van der Waals surface area (Å²) < 4.78 is 17.5. The number of hydrogen-bond donors (Lipinski definition) is 3. The van der Waals surface area contributed by atoms with E-state index in [1.807, 2.05) is 13.8 Å². The molecule has 3 rings (SSSR count). The maximum absolute atomic E-state index is 13.4. The van der Waals surface area contributed by atoms with Crippen LogP contribution in [0.3, 0.4) is 0 Å². The van der Waals surface area contributed by atoms with Gasteiger partial charge in [-0.2, -0.15) is 0 Å². The third-order valence-corrected chi connectivity index (χ3v) is 10.9. The zero-order valence-corrected chi connectivity index (χ0v) is 32.5. The van der Waals surface area contributed by atoms with Gasteiger partial charge < -0.3 is 30.2 Å². The summed E-state index contributed by atoms with van der Waals surface area (Å²) in [5, 5.41) is 9.47. The van der Waals surface area contributed by atoms with E-state index < -0.39 is 17.3 Å². The average molecular weight is 704 g/mol. The Morgan fingerprint density at radius 2 is 1.44 bits per heavy atom. The van der Waals surface area contributed by atoms with Crippen LogP contribution in [-0.2, 0) is 23.8 Å². The highest BCUT2D eigenvalue weighted by Gasteiger charge is 2.45. The fourth-order valence-corrected chi connectivity index (χ4v) is 7.80. The van der Waals surface area contributed by atoms with Gasteiger partial charge in [-0.15, -0.1) is 0 Å². The lowest BCUT2D eigenvalue weighted by atomic mass is 9.78. The predicted octanol–water partition coefficient (Wildman–Crippen LogP) is 9.17. The number of amides is 3. The maximum Gasteiger partial charge on any atom is 0.315 e. The summed E-state index contributed by atoms with van der Waals surface area (Å²) in [4.78, 5) is 39.2. The lowest BCUT2D eigenvalue weighted by Crippen LogP contribution is -2.57. The summed E-state index contributed by atoms with van der Waals surface area (Å²) in [6, 6.07) is -0.350. The Kier molecular flexibility index (Phi) is 18.7. The van der Waals surface area contributed by atoms with E-state index in [0.717, 1.165) is 70.6 Å². The zero-order valence-electron chi connectivity index (χ0n) is 32.5. The molecule has 0 aromatic rings. The molecule has 3 fully saturated rings. The molecule has 1 saturated heterocycles. The molecule has 0 aromatic heterocycles. The van der Waals surface area contributed by atoms with Crippen LogP contribution in [-0.4, -0.2) is 60.6 Å². The molecule has 9 heteroatoms. The van der Waals surface area contributed by atoms with E-state index in [1.54, 1.807) is 13.8 Å². The smallest absolute Gasteiger partial charge is 0.315 e. The van der Waals surface area contributed by atoms with Crippen molar-refractivity contribution in [3.63, 3.8) is 0 Å². The molecule has 3 unspecified atom stereocenters. The SMILES string of the molecule is CCCCCCCCCC=CCCCCCC1(NC(=O)NC2CCCCC2OC(=O)CCNC(=O)C2OC(C)(C)OCC2(C)C)CCCCC1. The molecular formula is C41H73N3O6. The summed E-state index contributed by atoms with van der Waals surface area (Å²) in [5.74, 6) is -1.46. The van der Waals surface area contributed by atoms with Crippen LogP contribution >= 0.6 is 0 Å². The second-order valence-electron chi connectivity index (χ2n) is 16.6. The van der Waals surface area contributed by atoms with Gasteiger partial charge in [0.1, 0.15) is 12.2 Å². The van der Waals surface area contributed by atoms with E-state index in [4.69, 9.17) is 14.2 Å². The summed E-state index contributed by atoms with van der Waals surface area (Å²) >= 11 is 0. The number of unbranched alkanes of at least 4 members (excludes halogenated alkanes) is 10. The molecule has 3 amide bonds. The van der Waals surface area contributed by atoms with Crippen LogP contribution in [0.2, 0.25) is 0 Å². The quantitative estimate of drug-likeness (QED) is 0.0624. The lowest BCUT2D eigenvalue weighted by Gasteiger charge is -2.44. The zero-order chi connectivity index (χ0) is 36.3. The van der Waals surface area contributed by atoms with Crippen LogP contribution in [0.1, 0.15) is 182 Å². The molecule has 3 N–H and O–H groups in total. The Hall–Kier alpha value is -2.13. The molecule has 1 heterocycles. The fraction of sp³-hybridized carbons (Fsp3) is 0.878. The summed E-state index contributed by atoms with van der Waals surface area (Å²) in [6.07, 6.45) is 29.2. The van der Waals surface area contributed by atoms with E-state index in [2.05, 4.69) is 35.0 Å². The molecular weight excluding hydrogens is 630 g/mol. The molecule has 0 spiro atoms. The van der Waals surface area contributed by atoms with E-state index in [0.29, 0.717) is 6.61 Å². The average Bonchev–Trinajstić information content (AvgIpc) is 3.07. The number of carbonyl (C=O) groups is 3. The topological polar surface area (TPSA) is 115 Å². The van der Waals surface area contributed by atoms with Crippen LogP contribution in [0.4, 0.5) is 4.79 Å². The summed E-state index contributed by atoms with van der Waals surface area (Å²) in [5.41, 5.74) is -0.631. The molecule has 2 aliphatic carbocycles. The van der Waals surface area contributed by atoms with Crippen molar-refractivity contribution >= 4 is 17.9 Å². The van der Waals surface area contributed by atoms with Crippen molar-refractivity contribution < 1.29 is 28.6 Å². The monoisotopic (exact) mass is 704 g/mol. The maximum atomic E-state index is 13.4. The second-order valence-corrected chi connectivity index (χ2v) is 16.6. The highest BCUT2D eigenvalue weighted by atomic mass is 16.7. The molecule has 9 nitrogen and oxygen atoms in total. The first-order valence-corrected chi connectivity index (χ1v) is 20.5. The third-order valence-electron chi connectivity index (χ3n) is 10.9. The molecule has 1 aliphatic heterocycles. The molecule has 3 atom stereocenters. The largest absolute Gasteiger partial charge is 0.460 e. The van der Waals surface area contributed by atoms with Crippen LogP contribution in [0.15, 0.2) is 12.2 Å². The Labute approximate surface area is 304 Å². The van der Waals surface area contributed by atoms with E-state index in [9.17, 15) is 14.4 Å². The number of rotatable bonds is 21. The number of esters is 1. The molecule has 288 valence electrons. The van der Waals surface area contributed by atoms with Crippen molar-refractivity contribution in [1.29, 1.82) is 0 Å². The van der Waals surface area contributed by atoms with Gasteiger partial charge in [-0.05, 0) is 78.1 Å². The third kappa shape index (κ3) is 15.6. The van der Waals surface area contributed by atoms with Crippen molar-refractivity contribution in [3.05, 3.63) is 12.2 Å². The van der Waals surface area contributed by atoms with Crippen LogP contribution < -0.4 is 16.0 Å². The number of carbonyl (C=O) groups excluding carboxylic acids is 3. The Balaban J connectivity index is 1.36. The number of nitrogens with one attached hydrogen (secondary N) is 3. The van der Waals surface area contributed by atoms with Gasteiger partial charge in [-0.1, -0.05) is 110 Å². The molecule has 50 heavy (non-hydrogen) atoms. The second kappa shape index (κ2) is 22.1. The Morgan fingerprint density at radius 1 is 0.800 bits per heavy atom. The van der Waals surface area contributed by atoms with E-state index in [-0.39, 0.29) is 48.6 Å². The van der Waals surface area contributed by atoms with Gasteiger partial charge in [-0.3, -0.25) is 9.59 Å². The number of urea groups is 1. The van der Waals surface area contributed by atoms with Crippen LogP contribution in [0.5, 0.6) is 0 Å². The van der Waals surface area contributed by atoms with E-state index in [1.165, 1.54) is 70.6 Å². The molecule has 2 saturated carbocycles. The van der Waals surface area contributed by atoms with Gasteiger partial charge in [-0.25, -0.2) is 4.79 Å². The highest BCUT2D eigenvalue weighted by Crippen LogP contribution is 2.35. The van der Waals surface area contributed by atoms with Crippen molar-refractivity contribution in [2.45, 2.75) is 212 Å². The predicted molar refractivity (Wildman–Crippen MR) is 201 cm³/mol. The van der Waals surface area contributed by atoms with E-state index >= 15 is 0 Å². The van der Waals surface area contributed by atoms with Crippen molar-refractivity contribution in [2.24, 2.45) is 5.41 Å². The number of allylic oxidation sites excluding steroid dienone is 2. The standard InChI is InChI=1S/C41H73N3O6/c1-6-7-8-9-10-11-12-13-14-15-16-17-18-22-28-41(29-23-19-24-30-41)44-38(47)43-33-25-20-21-26-34(33)49-35(45)27-31-42-37(46)36-39(2,3)32-48-40(4,5)50-36/h14-15,33-34,36H,6-13,16-32H2,1-5H3,(H,42,46)(H2,43,44,47). The normalized spacial score (nSPS) is 24.4. The molecule has 0 bridgehead atoms. The minimum absolute atomic E-state index is 0.0618. The Bertz CT molecular complexity index is 1040. The van der Waals surface area contributed by atoms with Crippen molar-refractivity contribution in [3.8, 4) is 0 Å². The van der Waals surface area contributed by atoms with Crippen LogP contribution in [0, 0.1) is 5.41 Å². The summed E-state index contributed by atoms with van der Waals surface area (Å²) in [6.45, 7) is 10.3. The van der Waals surface area contributed by atoms with Gasteiger partial charge >= 0.3 is 12.0 Å². The molecule has 3 aliphatic rings. The molecule has 0 radical (unpaired) electrons. The number of ether oxygens (including phenoxy) is 3. The highest BCUT2D eigenvalue weighted by molar-refractivity contribution is 5.82. The van der Waals surface area contributed by atoms with Gasteiger partial charge in [0, 0.05) is 17.5 Å². The van der Waals surface area contributed by atoms with Crippen molar-refractivity contribution in [1.82, 2.24) is 16.0 Å². The van der Waals surface area contributed by atoms with Gasteiger partial charge in [0.05, 0.1) is 19.1 Å². The first kappa shape index (κ1) is 42.3. The first-order chi connectivity index (χ1) is 24.0. The fourth-order valence-electron chi connectivity index (χ4n) is 7.80. The minimum Gasteiger partial charge on any atom is -0.460 e. The van der Waals surface area contributed by atoms with Gasteiger partial charge in [0.15, 0.2) is 5.79 Å². The molecule has 0 aromatic carbocycles. The Morgan fingerprint density at radius 3 is 2.14 bits per heavy atom.